The van der Waals surface area contributed by atoms with Crippen LogP contribution >= 0.6 is 11.8 Å². The molecule has 0 atom stereocenters. The third-order valence-corrected chi connectivity index (χ3v) is 3.32. The molecule has 0 aliphatic carbocycles. The zero-order valence-corrected chi connectivity index (χ0v) is 12.3. The normalized spacial score (nSPS) is 10.3. The van der Waals surface area contributed by atoms with Gasteiger partial charge < -0.3 is 10.1 Å². The standard InChI is InChI=1S/C14H19NO3S/c1-4-18-14(17)11-5-7-12(8-6-11)15-13(16)9-19-10(2)3/h5-8,10H,4,9H2,1-3H3,(H,15,16). The number of benzene rings is 1. The van der Waals surface area contributed by atoms with Gasteiger partial charge in [0.05, 0.1) is 17.9 Å². The van der Waals surface area contributed by atoms with Gasteiger partial charge >= 0.3 is 5.97 Å². The zero-order chi connectivity index (χ0) is 14.3. The van der Waals surface area contributed by atoms with Gasteiger partial charge in [-0.15, -0.1) is 11.8 Å². The number of hydrogen-bond acceptors (Lipinski definition) is 4. The number of thioether (sulfide) groups is 1. The predicted molar refractivity (Wildman–Crippen MR) is 78.6 cm³/mol. The minimum absolute atomic E-state index is 0.0393. The SMILES string of the molecule is CCOC(=O)c1ccc(NC(=O)CSC(C)C)cc1. The van der Waals surface area contributed by atoms with Crippen molar-refractivity contribution in [2.75, 3.05) is 17.7 Å². The fourth-order valence-electron chi connectivity index (χ4n) is 1.34. The zero-order valence-electron chi connectivity index (χ0n) is 11.4. The number of nitrogens with one attached hydrogen (secondary N) is 1. The summed E-state index contributed by atoms with van der Waals surface area (Å²) in [6.07, 6.45) is 0. The molecule has 1 aromatic carbocycles. The molecular weight excluding hydrogens is 262 g/mol. The molecule has 4 nitrogen and oxygen atoms in total. The summed E-state index contributed by atoms with van der Waals surface area (Å²) < 4.78 is 4.88. The lowest BCUT2D eigenvalue weighted by molar-refractivity contribution is -0.113. The summed E-state index contributed by atoms with van der Waals surface area (Å²) in [5, 5.41) is 3.21. The Morgan fingerprint density at radius 3 is 2.42 bits per heavy atom. The first-order valence-electron chi connectivity index (χ1n) is 6.21. The van der Waals surface area contributed by atoms with Crippen molar-refractivity contribution in [3.63, 3.8) is 0 Å². The molecule has 0 radical (unpaired) electrons. The van der Waals surface area contributed by atoms with Crippen LogP contribution in [-0.2, 0) is 9.53 Å². The van der Waals surface area contributed by atoms with Crippen LogP contribution < -0.4 is 5.32 Å². The quantitative estimate of drug-likeness (QED) is 0.815. The van der Waals surface area contributed by atoms with E-state index in [-0.39, 0.29) is 11.9 Å². The summed E-state index contributed by atoms with van der Waals surface area (Å²) in [6, 6.07) is 6.68. The number of carbonyl (C=O) groups excluding carboxylic acids is 2. The molecular formula is C14H19NO3S. The lowest BCUT2D eigenvalue weighted by Crippen LogP contribution is -2.15. The van der Waals surface area contributed by atoms with Gasteiger partial charge in [-0.25, -0.2) is 4.79 Å². The van der Waals surface area contributed by atoms with Crippen molar-refractivity contribution in [2.45, 2.75) is 26.0 Å². The first-order chi connectivity index (χ1) is 9.02. The van der Waals surface area contributed by atoms with Gasteiger partial charge in [0.15, 0.2) is 0 Å². The van der Waals surface area contributed by atoms with Crippen LogP contribution in [0.15, 0.2) is 24.3 Å². The average molecular weight is 281 g/mol. The third kappa shape index (κ3) is 5.79. The van der Waals surface area contributed by atoms with Gasteiger partial charge in [-0.1, -0.05) is 13.8 Å². The Labute approximate surface area is 117 Å². The van der Waals surface area contributed by atoms with E-state index in [4.69, 9.17) is 4.74 Å². The highest BCUT2D eigenvalue weighted by Crippen LogP contribution is 2.13. The summed E-state index contributed by atoms with van der Waals surface area (Å²) >= 11 is 1.59. The van der Waals surface area contributed by atoms with E-state index in [1.807, 2.05) is 13.8 Å². The minimum atomic E-state index is -0.351. The lowest BCUT2D eigenvalue weighted by Gasteiger charge is -2.07. The number of rotatable bonds is 6. The second kappa shape index (κ2) is 7.84. The first-order valence-corrected chi connectivity index (χ1v) is 7.26. The van der Waals surface area contributed by atoms with Crippen LogP contribution in [0.2, 0.25) is 0 Å². The van der Waals surface area contributed by atoms with Gasteiger partial charge in [0.1, 0.15) is 0 Å². The molecule has 5 heteroatoms. The number of hydrogen-bond donors (Lipinski definition) is 1. The molecule has 0 aliphatic rings. The molecule has 0 unspecified atom stereocenters. The van der Waals surface area contributed by atoms with E-state index < -0.39 is 0 Å². The van der Waals surface area contributed by atoms with Gasteiger partial charge in [0.25, 0.3) is 0 Å². The molecule has 0 aromatic heterocycles. The van der Waals surface area contributed by atoms with E-state index >= 15 is 0 Å². The molecule has 0 bridgehead atoms. The van der Waals surface area contributed by atoms with E-state index in [0.717, 1.165) is 0 Å². The Kier molecular flexibility index (Phi) is 6.42. The molecule has 0 heterocycles. The second-order valence-corrected chi connectivity index (χ2v) is 5.77. The smallest absolute Gasteiger partial charge is 0.338 e. The van der Waals surface area contributed by atoms with Gasteiger partial charge in [-0.05, 0) is 36.4 Å². The van der Waals surface area contributed by atoms with E-state index in [2.05, 4.69) is 5.32 Å². The highest BCUT2D eigenvalue weighted by molar-refractivity contribution is 8.00. The third-order valence-electron chi connectivity index (χ3n) is 2.23. The van der Waals surface area contributed by atoms with Crippen molar-refractivity contribution in [3.05, 3.63) is 29.8 Å². The Bertz CT molecular complexity index is 429. The van der Waals surface area contributed by atoms with E-state index in [9.17, 15) is 9.59 Å². The van der Waals surface area contributed by atoms with Crippen LogP contribution in [0, 0.1) is 0 Å². The van der Waals surface area contributed by atoms with Crippen molar-refractivity contribution >= 4 is 29.3 Å². The Morgan fingerprint density at radius 2 is 1.89 bits per heavy atom. The maximum atomic E-state index is 11.6. The molecule has 1 aromatic rings. The second-order valence-electron chi connectivity index (χ2n) is 4.21. The van der Waals surface area contributed by atoms with Gasteiger partial charge in [0.2, 0.25) is 5.91 Å². The van der Waals surface area contributed by atoms with Gasteiger partial charge in [-0.3, -0.25) is 4.79 Å². The summed E-state index contributed by atoms with van der Waals surface area (Å²) in [7, 11) is 0. The number of esters is 1. The largest absolute Gasteiger partial charge is 0.462 e. The van der Waals surface area contributed by atoms with Crippen LogP contribution in [0.4, 0.5) is 5.69 Å². The maximum absolute atomic E-state index is 11.6. The lowest BCUT2D eigenvalue weighted by atomic mass is 10.2. The fraction of sp³-hybridized carbons (Fsp3) is 0.429. The van der Waals surface area contributed by atoms with Crippen molar-refractivity contribution < 1.29 is 14.3 Å². The topological polar surface area (TPSA) is 55.4 Å². The molecule has 0 saturated carbocycles. The van der Waals surface area contributed by atoms with Crippen LogP contribution in [0.5, 0.6) is 0 Å². The summed E-state index contributed by atoms with van der Waals surface area (Å²) in [4.78, 5) is 23.1. The average Bonchev–Trinajstić information content (AvgIpc) is 2.37. The Morgan fingerprint density at radius 1 is 1.26 bits per heavy atom. The summed E-state index contributed by atoms with van der Waals surface area (Å²) in [6.45, 7) is 6.21. The van der Waals surface area contributed by atoms with Crippen LogP contribution in [0.3, 0.4) is 0 Å². The van der Waals surface area contributed by atoms with Crippen molar-refractivity contribution in [1.29, 1.82) is 0 Å². The van der Waals surface area contributed by atoms with Gasteiger partial charge in [0, 0.05) is 5.69 Å². The molecule has 0 saturated heterocycles. The fourth-order valence-corrected chi connectivity index (χ4v) is 1.90. The number of anilines is 1. The highest BCUT2D eigenvalue weighted by Gasteiger charge is 2.07. The molecule has 104 valence electrons. The predicted octanol–water partition coefficient (Wildman–Crippen LogP) is 2.94. The molecule has 1 amide bonds. The van der Waals surface area contributed by atoms with Crippen LogP contribution in [-0.4, -0.2) is 29.5 Å². The molecule has 1 N–H and O–H groups in total. The molecule has 0 aliphatic heterocycles. The van der Waals surface area contributed by atoms with E-state index in [0.29, 0.717) is 28.9 Å². The van der Waals surface area contributed by atoms with E-state index in [1.54, 1.807) is 43.0 Å². The first kappa shape index (κ1) is 15.6. The van der Waals surface area contributed by atoms with Gasteiger partial charge in [-0.2, -0.15) is 0 Å². The van der Waals surface area contributed by atoms with E-state index in [1.165, 1.54) is 0 Å². The Balaban J connectivity index is 2.52. The van der Waals surface area contributed by atoms with Crippen molar-refractivity contribution in [3.8, 4) is 0 Å². The Hall–Kier alpha value is -1.49. The van der Waals surface area contributed by atoms with Crippen LogP contribution in [0.25, 0.3) is 0 Å². The van der Waals surface area contributed by atoms with Crippen molar-refractivity contribution in [2.24, 2.45) is 0 Å². The molecule has 0 fully saturated rings. The molecule has 0 spiro atoms. The highest BCUT2D eigenvalue weighted by atomic mass is 32.2. The molecule has 19 heavy (non-hydrogen) atoms. The molecule has 1 rings (SSSR count). The summed E-state index contributed by atoms with van der Waals surface area (Å²) in [5.41, 5.74) is 1.17. The summed E-state index contributed by atoms with van der Waals surface area (Å²) in [5.74, 6) is 0.0374. The van der Waals surface area contributed by atoms with Crippen molar-refractivity contribution in [1.82, 2.24) is 0 Å². The monoisotopic (exact) mass is 281 g/mol. The minimum Gasteiger partial charge on any atom is -0.462 e. The van der Waals surface area contributed by atoms with Crippen LogP contribution in [0.1, 0.15) is 31.1 Å². The maximum Gasteiger partial charge on any atom is 0.338 e. The number of carbonyl (C=O) groups is 2. The number of amides is 1. The number of ether oxygens (including phenoxy) is 1.